The van der Waals surface area contributed by atoms with E-state index in [2.05, 4.69) is 13.5 Å². The van der Waals surface area contributed by atoms with Crippen molar-refractivity contribution in [1.82, 2.24) is 0 Å². The third kappa shape index (κ3) is 4.07. The molecule has 3 rings (SSSR count). The van der Waals surface area contributed by atoms with Crippen molar-refractivity contribution in [2.45, 2.75) is 84.0 Å². The number of carbonyl (C=O) groups excluding carboxylic acids is 3. The molecule has 3 aliphatic rings. The minimum Gasteiger partial charge on any atom is -0.465 e. The molecule has 2 aliphatic carbocycles. The second-order valence-corrected chi connectivity index (χ2v) is 10.6. The van der Waals surface area contributed by atoms with Crippen LogP contribution in [-0.4, -0.2) is 53.3 Å². The van der Waals surface area contributed by atoms with Gasteiger partial charge in [0.2, 0.25) is 0 Å². The van der Waals surface area contributed by atoms with Gasteiger partial charge in [-0.3, -0.25) is 14.4 Å². The molecule has 7 heteroatoms. The van der Waals surface area contributed by atoms with Gasteiger partial charge in [0.05, 0.1) is 18.3 Å². The minimum absolute atomic E-state index is 0.0519. The number of aliphatic hydroxyl groups is 1. The Morgan fingerprint density at radius 2 is 1.77 bits per heavy atom. The molecular weight excluding hydrogens is 400 g/mol. The fourth-order valence-corrected chi connectivity index (χ4v) is 7.15. The molecule has 31 heavy (non-hydrogen) atoms. The van der Waals surface area contributed by atoms with E-state index in [-0.39, 0.29) is 49.6 Å². The lowest BCUT2D eigenvalue weighted by Crippen LogP contribution is -2.70. The topological polar surface area (TPSA) is 99.1 Å². The molecular formula is C24H36O7. The van der Waals surface area contributed by atoms with Crippen LogP contribution in [0, 0.1) is 22.7 Å². The third-order valence-electron chi connectivity index (χ3n) is 7.91. The average molecular weight is 437 g/mol. The van der Waals surface area contributed by atoms with Gasteiger partial charge >= 0.3 is 11.9 Å². The van der Waals surface area contributed by atoms with E-state index in [4.69, 9.17) is 14.2 Å². The minimum atomic E-state index is -1.05. The van der Waals surface area contributed by atoms with Crippen molar-refractivity contribution in [1.29, 1.82) is 0 Å². The highest BCUT2D eigenvalue weighted by Gasteiger charge is 2.68. The summed E-state index contributed by atoms with van der Waals surface area (Å²) in [5, 5.41) is 11.4. The Morgan fingerprint density at radius 1 is 1.16 bits per heavy atom. The molecule has 7 atom stereocenters. The van der Waals surface area contributed by atoms with Crippen LogP contribution in [-0.2, 0) is 28.6 Å². The van der Waals surface area contributed by atoms with Gasteiger partial charge in [0, 0.05) is 43.9 Å². The van der Waals surface area contributed by atoms with E-state index in [1.165, 1.54) is 13.8 Å². The summed E-state index contributed by atoms with van der Waals surface area (Å²) in [6, 6.07) is 0. The van der Waals surface area contributed by atoms with E-state index in [0.717, 1.165) is 19.3 Å². The molecule has 0 aromatic heterocycles. The Bertz CT molecular complexity index is 778. The third-order valence-corrected chi connectivity index (χ3v) is 7.91. The first-order chi connectivity index (χ1) is 14.3. The van der Waals surface area contributed by atoms with Crippen LogP contribution in [0.15, 0.2) is 12.7 Å². The molecule has 1 heterocycles. The fraction of sp³-hybridized carbons (Fsp3) is 0.792. The van der Waals surface area contributed by atoms with Crippen molar-refractivity contribution < 1.29 is 33.7 Å². The van der Waals surface area contributed by atoms with Gasteiger partial charge < -0.3 is 19.3 Å². The van der Waals surface area contributed by atoms with Crippen molar-refractivity contribution in [3.8, 4) is 0 Å². The number of ether oxygens (including phenoxy) is 3. The van der Waals surface area contributed by atoms with Gasteiger partial charge in [-0.05, 0) is 25.2 Å². The van der Waals surface area contributed by atoms with E-state index in [0.29, 0.717) is 0 Å². The molecule has 174 valence electrons. The highest BCUT2D eigenvalue weighted by molar-refractivity contribution is 5.85. The number of hydrogen-bond acceptors (Lipinski definition) is 7. The molecule has 0 aromatic rings. The second kappa shape index (κ2) is 8.00. The van der Waals surface area contributed by atoms with Gasteiger partial charge in [-0.1, -0.05) is 26.3 Å². The van der Waals surface area contributed by atoms with E-state index >= 15 is 0 Å². The van der Waals surface area contributed by atoms with Crippen LogP contribution >= 0.6 is 0 Å². The van der Waals surface area contributed by atoms with Crippen LogP contribution in [0.25, 0.3) is 0 Å². The molecule has 3 fully saturated rings. The van der Waals surface area contributed by atoms with Crippen molar-refractivity contribution in [3.63, 3.8) is 0 Å². The Balaban J connectivity index is 1.98. The molecule has 0 aromatic carbocycles. The Hall–Kier alpha value is -1.73. The summed E-state index contributed by atoms with van der Waals surface area (Å²) < 4.78 is 17.1. The SMILES string of the molecule is C=C[C@@]1(COC(C)=O)C[C@@H](O)[C@@H]2[C@]3(C)CCC[C@](C)(COC(C)=O)[C@@H]3C(=O)C[C@]2(C)O1. The molecule has 0 spiro atoms. The number of esters is 2. The quantitative estimate of drug-likeness (QED) is 0.522. The molecule has 1 aliphatic heterocycles. The highest BCUT2D eigenvalue weighted by atomic mass is 16.6. The van der Waals surface area contributed by atoms with Gasteiger partial charge in [-0.15, -0.1) is 6.58 Å². The molecule has 0 amide bonds. The summed E-state index contributed by atoms with van der Waals surface area (Å²) in [5.74, 6) is -1.36. The zero-order chi connectivity index (χ0) is 23.2. The van der Waals surface area contributed by atoms with E-state index < -0.39 is 34.1 Å². The molecule has 0 bridgehead atoms. The van der Waals surface area contributed by atoms with Crippen LogP contribution in [0.2, 0.25) is 0 Å². The average Bonchev–Trinajstić information content (AvgIpc) is 2.63. The normalized spacial score (nSPS) is 44.6. The predicted octanol–water partition coefficient (Wildman–Crippen LogP) is 2.98. The lowest BCUT2D eigenvalue weighted by molar-refractivity contribution is -0.285. The Morgan fingerprint density at radius 3 is 2.35 bits per heavy atom. The standard InChI is InChI=1S/C24H36O7/c1-7-24(14-30-16(3)26)12-18(28)20-22(5)10-8-9-21(4,13-29-15(2)25)19(22)17(27)11-23(20,6)31-24/h7,18-20,28H,1,8-14H2,2-6H3/t18-,19+,20-,21-,22-,23+,24+/m1/s1. The van der Waals surface area contributed by atoms with Crippen molar-refractivity contribution in [2.24, 2.45) is 22.7 Å². The number of hydrogen-bond donors (Lipinski definition) is 1. The lowest BCUT2D eigenvalue weighted by atomic mass is 9.43. The van der Waals surface area contributed by atoms with Gasteiger partial charge in [0.15, 0.2) is 0 Å². The van der Waals surface area contributed by atoms with E-state index in [1.54, 1.807) is 6.08 Å². The monoisotopic (exact) mass is 436 g/mol. The van der Waals surface area contributed by atoms with Crippen LogP contribution in [0.4, 0.5) is 0 Å². The predicted molar refractivity (Wildman–Crippen MR) is 113 cm³/mol. The maximum atomic E-state index is 13.6. The number of ketones is 1. The van der Waals surface area contributed by atoms with E-state index in [9.17, 15) is 19.5 Å². The number of rotatable bonds is 5. The van der Waals surface area contributed by atoms with E-state index in [1.807, 2.05) is 13.8 Å². The first-order valence-electron chi connectivity index (χ1n) is 11.1. The maximum absolute atomic E-state index is 13.6. The van der Waals surface area contributed by atoms with Gasteiger partial charge in [-0.25, -0.2) is 0 Å². The second-order valence-electron chi connectivity index (χ2n) is 10.6. The number of fused-ring (bicyclic) bond motifs is 3. The summed E-state index contributed by atoms with van der Waals surface area (Å²) >= 11 is 0. The van der Waals surface area contributed by atoms with Crippen molar-refractivity contribution >= 4 is 17.7 Å². The summed E-state index contributed by atoms with van der Waals surface area (Å²) in [7, 11) is 0. The number of carbonyl (C=O) groups is 3. The van der Waals surface area contributed by atoms with Gasteiger partial charge in [0.1, 0.15) is 18.0 Å². The first kappa shape index (κ1) is 23.9. The summed E-state index contributed by atoms with van der Waals surface area (Å²) in [4.78, 5) is 36.5. The molecule has 7 nitrogen and oxygen atoms in total. The zero-order valence-electron chi connectivity index (χ0n) is 19.4. The first-order valence-corrected chi connectivity index (χ1v) is 11.1. The Kier molecular flexibility index (Phi) is 6.17. The number of Topliss-reactive ketones (excluding diaryl/α,β-unsaturated/α-hetero) is 1. The summed E-state index contributed by atoms with van der Waals surface area (Å²) in [6.07, 6.45) is 3.63. The van der Waals surface area contributed by atoms with Crippen LogP contribution < -0.4 is 0 Å². The van der Waals surface area contributed by atoms with Crippen LogP contribution in [0.3, 0.4) is 0 Å². The largest absolute Gasteiger partial charge is 0.465 e. The zero-order valence-corrected chi connectivity index (χ0v) is 19.4. The van der Waals surface area contributed by atoms with Crippen LogP contribution in [0.5, 0.6) is 0 Å². The number of aliphatic hydroxyl groups excluding tert-OH is 1. The molecule has 0 unspecified atom stereocenters. The highest BCUT2D eigenvalue weighted by Crippen LogP contribution is 2.64. The Labute approximate surface area is 184 Å². The molecule has 1 N–H and O–H groups in total. The van der Waals surface area contributed by atoms with Crippen LogP contribution in [0.1, 0.15) is 66.7 Å². The van der Waals surface area contributed by atoms with Crippen molar-refractivity contribution in [2.75, 3.05) is 13.2 Å². The summed E-state index contributed by atoms with van der Waals surface area (Å²) in [5.41, 5.74) is -2.96. The fourth-order valence-electron chi connectivity index (χ4n) is 7.15. The maximum Gasteiger partial charge on any atom is 0.302 e. The van der Waals surface area contributed by atoms with Gasteiger partial charge in [-0.2, -0.15) is 0 Å². The van der Waals surface area contributed by atoms with Crippen molar-refractivity contribution in [3.05, 3.63) is 12.7 Å². The molecule has 1 saturated heterocycles. The molecule has 2 saturated carbocycles. The lowest BCUT2D eigenvalue weighted by Gasteiger charge is -2.65. The smallest absolute Gasteiger partial charge is 0.302 e. The summed E-state index contributed by atoms with van der Waals surface area (Å²) in [6.45, 7) is 12.7. The molecule has 0 radical (unpaired) electrons. The van der Waals surface area contributed by atoms with Gasteiger partial charge in [0.25, 0.3) is 0 Å².